The molecule has 3 nitrogen and oxygen atoms in total. The van der Waals surface area contributed by atoms with Crippen molar-refractivity contribution in [3.8, 4) is 0 Å². The zero-order valence-electron chi connectivity index (χ0n) is 10.7. The number of nitrogens with two attached hydrogens (primary N) is 1. The first kappa shape index (κ1) is 15.8. The minimum Gasteiger partial charge on any atom is -0.340 e. The number of nitrogens with zero attached hydrogens (tertiary/aromatic N) is 1. The second kappa shape index (κ2) is 8.04. The number of carbonyl (C=O) groups is 1. The normalized spacial score (nSPS) is 12.4. The Labute approximate surface area is 122 Å². The third-order valence-electron chi connectivity index (χ3n) is 2.53. The zero-order valence-corrected chi connectivity index (χ0v) is 13.1. The number of rotatable bonds is 7. The van der Waals surface area contributed by atoms with Crippen LogP contribution in [0.2, 0.25) is 4.34 Å². The van der Waals surface area contributed by atoms with Crippen LogP contribution >= 0.6 is 34.7 Å². The maximum Gasteiger partial charge on any atom is 0.232 e. The molecule has 0 aliphatic carbocycles. The summed E-state index contributed by atoms with van der Waals surface area (Å²) in [5.41, 5.74) is 5.80. The first-order chi connectivity index (χ1) is 8.52. The third kappa shape index (κ3) is 5.61. The van der Waals surface area contributed by atoms with Gasteiger partial charge >= 0.3 is 0 Å². The maximum absolute atomic E-state index is 11.9. The smallest absolute Gasteiger partial charge is 0.232 e. The van der Waals surface area contributed by atoms with E-state index in [1.54, 1.807) is 16.7 Å². The summed E-state index contributed by atoms with van der Waals surface area (Å²) in [6.07, 6.45) is 0.949. The number of carbonyl (C=O) groups excluding carboxylic acids is 1. The van der Waals surface area contributed by atoms with Gasteiger partial charge in [-0.15, -0.1) is 11.3 Å². The van der Waals surface area contributed by atoms with Crippen LogP contribution in [-0.2, 0) is 11.3 Å². The SMILES string of the molecule is CCC(N)CSCC(=O)N(C)Cc1ccc(Cl)s1. The van der Waals surface area contributed by atoms with Crippen molar-refractivity contribution in [1.82, 2.24) is 4.90 Å². The highest BCUT2D eigenvalue weighted by atomic mass is 35.5. The number of hydrogen-bond donors (Lipinski definition) is 1. The van der Waals surface area contributed by atoms with Crippen LogP contribution in [0.4, 0.5) is 0 Å². The number of halogens is 1. The Morgan fingerprint density at radius 3 is 2.89 bits per heavy atom. The van der Waals surface area contributed by atoms with E-state index >= 15 is 0 Å². The standard InChI is InChI=1S/C12H19ClN2OS2/c1-3-9(14)7-17-8-12(16)15(2)6-10-4-5-11(13)18-10/h4-5,9H,3,6-8,14H2,1-2H3. The predicted molar refractivity (Wildman–Crippen MR) is 81.4 cm³/mol. The molecule has 102 valence electrons. The lowest BCUT2D eigenvalue weighted by atomic mass is 10.3. The van der Waals surface area contributed by atoms with Crippen molar-refractivity contribution < 1.29 is 4.79 Å². The summed E-state index contributed by atoms with van der Waals surface area (Å²) >= 11 is 8.96. The number of thiophene rings is 1. The maximum atomic E-state index is 11.9. The highest BCUT2D eigenvalue weighted by Crippen LogP contribution is 2.22. The summed E-state index contributed by atoms with van der Waals surface area (Å²) in [5.74, 6) is 1.46. The largest absolute Gasteiger partial charge is 0.340 e. The van der Waals surface area contributed by atoms with Gasteiger partial charge < -0.3 is 10.6 Å². The number of hydrogen-bond acceptors (Lipinski definition) is 4. The molecule has 1 heterocycles. The van der Waals surface area contributed by atoms with E-state index in [1.165, 1.54) is 11.3 Å². The van der Waals surface area contributed by atoms with E-state index in [1.807, 2.05) is 19.2 Å². The molecule has 1 atom stereocenters. The lowest BCUT2D eigenvalue weighted by molar-refractivity contribution is -0.127. The summed E-state index contributed by atoms with van der Waals surface area (Å²) in [6.45, 7) is 2.68. The monoisotopic (exact) mass is 306 g/mol. The van der Waals surface area contributed by atoms with Gasteiger partial charge in [0.2, 0.25) is 5.91 Å². The predicted octanol–water partition coefficient (Wildman–Crippen LogP) is 2.83. The average molecular weight is 307 g/mol. The van der Waals surface area contributed by atoms with Crippen molar-refractivity contribution >= 4 is 40.6 Å². The van der Waals surface area contributed by atoms with Gasteiger partial charge in [0, 0.05) is 23.7 Å². The molecular weight excluding hydrogens is 288 g/mol. The summed E-state index contributed by atoms with van der Waals surface area (Å²) in [5, 5.41) is 0. The van der Waals surface area contributed by atoms with Gasteiger partial charge in [-0.25, -0.2) is 0 Å². The molecular formula is C12H19ClN2OS2. The van der Waals surface area contributed by atoms with E-state index in [2.05, 4.69) is 6.92 Å². The van der Waals surface area contributed by atoms with Crippen molar-refractivity contribution in [3.05, 3.63) is 21.3 Å². The molecule has 0 fully saturated rings. The molecule has 1 rings (SSSR count). The molecule has 1 unspecified atom stereocenters. The second-order valence-electron chi connectivity index (χ2n) is 4.14. The minimum atomic E-state index is 0.132. The first-order valence-electron chi connectivity index (χ1n) is 5.84. The summed E-state index contributed by atoms with van der Waals surface area (Å²) in [6, 6.07) is 4.00. The second-order valence-corrected chi connectivity index (χ2v) is 6.97. The lowest BCUT2D eigenvalue weighted by Gasteiger charge is -2.16. The minimum absolute atomic E-state index is 0.132. The fraction of sp³-hybridized carbons (Fsp3) is 0.583. The van der Waals surface area contributed by atoms with Crippen LogP contribution in [-0.4, -0.2) is 35.4 Å². The Bertz CT molecular complexity index is 384. The molecule has 0 saturated carbocycles. The van der Waals surface area contributed by atoms with E-state index in [9.17, 15) is 4.79 Å². The van der Waals surface area contributed by atoms with Crippen LogP contribution < -0.4 is 5.73 Å². The molecule has 0 saturated heterocycles. The van der Waals surface area contributed by atoms with Crippen LogP contribution in [0, 0.1) is 0 Å². The Morgan fingerprint density at radius 2 is 2.33 bits per heavy atom. The molecule has 1 aromatic heterocycles. The topological polar surface area (TPSA) is 46.3 Å². The molecule has 2 N–H and O–H groups in total. The number of amides is 1. The van der Waals surface area contributed by atoms with E-state index in [4.69, 9.17) is 17.3 Å². The van der Waals surface area contributed by atoms with E-state index < -0.39 is 0 Å². The van der Waals surface area contributed by atoms with Gasteiger partial charge in [-0.2, -0.15) is 11.8 Å². The van der Waals surface area contributed by atoms with Gasteiger partial charge in [-0.3, -0.25) is 4.79 Å². The van der Waals surface area contributed by atoms with Gasteiger partial charge in [0.25, 0.3) is 0 Å². The Kier molecular flexibility index (Phi) is 7.07. The first-order valence-corrected chi connectivity index (χ1v) is 8.19. The van der Waals surface area contributed by atoms with Gasteiger partial charge in [-0.05, 0) is 18.6 Å². The zero-order chi connectivity index (χ0) is 13.5. The van der Waals surface area contributed by atoms with Crippen molar-refractivity contribution in [2.24, 2.45) is 5.73 Å². The Morgan fingerprint density at radius 1 is 1.61 bits per heavy atom. The van der Waals surface area contributed by atoms with Crippen molar-refractivity contribution in [2.45, 2.75) is 25.9 Å². The highest BCUT2D eigenvalue weighted by Gasteiger charge is 2.11. The van der Waals surface area contributed by atoms with Crippen molar-refractivity contribution in [2.75, 3.05) is 18.6 Å². The molecule has 0 aromatic carbocycles. The fourth-order valence-electron chi connectivity index (χ4n) is 1.28. The number of thioether (sulfide) groups is 1. The van der Waals surface area contributed by atoms with Gasteiger partial charge in [-0.1, -0.05) is 18.5 Å². The molecule has 1 amide bonds. The van der Waals surface area contributed by atoms with Gasteiger partial charge in [0.1, 0.15) is 0 Å². The van der Waals surface area contributed by atoms with Crippen LogP contribution in [0.5, 0.6) is 0 Å². The van der Waals surface area contributed by atoms with E-state index in [0.717, 1.165) is 21.4 Å². The lowest BCUT2D eigenvalue weighted by Crippen LogP contribution is -2.29. The van der Waals surface area contributed by atoms with E-state index in [0.29, 0.717) is 12.3 Å². The Balaban J connectivity index is 2.28. The molecule has 0 bridgehead atoms. The summed E-state index contributed by atoms with van der Waals surface area (Å²) < 4.78 is 0.758. The molecule has 0 aliphatic heterocycles. The molecule has 1 aromatic rings. The molecule has 18 heavy (non-hydrogen) atoms. The van der Waals surface area contributed by atoms with Crippen LogP contribution in [0.25, 0.3) is 0 Å². The van der Waals surface area contributed by atoms with E-state index in [-0.39, 0.29) is 11.9 Å². The Hall–Kier alpha value is -0.230. The van der Waals surface area contributed by atoms with Crippen LogP contribution in [0.15, 0.2) is 12.1 Å². The highest BCUT2D eigenvalue weighted by molar-refractivity contribution is 7.99. The van der Waals surface area contributed by atoms with Crippen molar-refractivity contribution in [3.63, 3.8) is 0 Å². The summed E-state index contributed by atoms with van der Waals surface area (Å²) in [4.78, 5) is 14.7. The van der Waals surface area contributed by atoms with Crippen LogP contribution in [0.1, 0.15) is 18.2 Å². The fourth-order valence-corrected chi connectivity index (χ4v) is 3.48. The molecule has 0 spiro atoms. The van der Waals surface area contributed by atoms with Crippen LogP contribution in [0.3, 0.4) is 0 Å². The molecule has 0 radical (unpaired) electrons. The summed E-state index contributed by atoms with van der Waals surface area (Å²) in [7, 11) is 1.82. The molecule has 0 aliphatic rings. The van der Waals surface area contributed by atoms with Crippen molar-refractivity contribution in [1.29, 1.82) is 0 Å². The average Bonchev–Trinajstić information content (AvgIpc) is 2.74. The quantitative estimate of drug-likeness (QED) is 0.842. The van der Waals surface area contributed by atoms with Gasteiger partial charge in [0.15, 0.2) is 0 Å². The third-order valence-corrected chi connectivity index (χ3v) is 4.86. The molecule has 6 heteroatoms. The van der Waals surface area contributed by atoms with Gasteiger partial charge in [0.05, 0.1) is 16.6 Å².